The van der Waals surface area contributed by atoms with Crippen LogP contribution < -0.4 is 10.2 Å². The maximum atomic E-state index is 13.5. The molecule has 5 rings (SSSR count). The van der Waals surface area contributed by atoms with Crippen molar-refractivity contribution in [1.82, 2.24) is 5.32 Å². The number of non-ortho nitro benzene ring substituents is 1. The standard InChI is InChI=1S/C24H16N4O8/c29-17(15-7-6-14(27(33)34)12-16(15)28(35)36)8-10-24-11-9-18(30)21(25-24)19-20(24)23(32)26(22(19)31)13-4-2-1-3-5-13/h1-12,19-21,25H/b10-8+. The van der Waals surface area contributed by atoms with Crippen molar-refractivity contribution in [2.24, 2.45) is 11.8 Å². The van der Waals surface area contributed by atoms with Crippen LogP contribution in [0, 0.1) is 32.1 Å². The lowest BCUT2D eigenvalue weighted by molar-refractivity contribution is -0.394. The van der Waals surface area contributed by atoms with E-state index in [4.69, 9.17) is 0 Å². The highest BCUT2D eigenvalue weighted by atomic mass is 16.6. The summed E-state index contributed by atoms with van der Waals surface area (Å²) in [6.45, 7) is 0. The number of nitrogens with zero attached hydrogens (tertiary/aromatic N) is 3. The number of carbonyl (C=O) groups excluding carboxylic acids is 4. The Morgan fingerprint density at radius 3 is 2.39 bits per heavy atom. The van der Waals surface area contributed by atoms with Crippen LogP contribution in [-0.2, 0) is 14.4 Å². The maximum Gasteiger partial charge on any atom is 0.287 e. The summed E-state index contributed by atoms with van der Waals surface area (Å²) in [6, 6.07) is 9.91. The second kappa shape index (κ2) is 8.13. The molecule has 2 fully saturated rings. The van der Waals surface area contributed by atoms with Crippen LogP contribution in [0.4, 0.5) is 17.1 Å². The molecule has 3 aliphatic rings. The van der Waals surface area contributed by atoms with Crippen molar-refractivity contribution in [3.05, 3.63) is 98.6 Å². The quantitative estimate of drug-likeness (QED) is 0.210. The van der Waals surface area contributed by atoms with Crippen LogP contribution in [-0.4, -0.2) is 44.8 Å². The van der Waals surface area contributed by atoms with Crippen LogP contribution >= 0.6 is 0 Å². The number of carbonyl (C=O) groups is 4. The predicted molar refractivity (Wildman–Crippen MR) is 123 cm³/mol. The molecule has 2 aromatic carbocycles. The van der Waals surface area contributed by atoms with Crippen molar-refractivity contribution in [3.63, 3.8) is 0 Å². The van der Waals surface area contributed by atoms with Crippen LogP contribution in [0.15, 0.2) is 72.8 Å². The van der Waals surface area contributed by atoms with Crippen LogP contribution in [0.25, 0.3) is 0 Å². The maximum absolute atomic E-state index is 13.5. The molecule has 0 aromatic heterocycles. The normalized spacial score (nSPS) is 26.5. The van der Waals surface area contributed by atoms with Gasteiger partial charge in [0.25, 0.3) is 11.4 Å². The minimum absolute atomic E-state index is 0.355. The SMILES string of the molecule is O=C(/C=C/C12C=CC(=O)C(N1)C1C(=O)N(c3ccccc3)C(=O)C12)c1ccc([N+](=O)[O-])cc1[N+](=O)[O-]. The fourth-order valence-corrected chi connectivity index (χ4v) is 5.04. The molecule has 0 aliphatic carbocycles. The van der Waals surface area contributed by atoms with Crippen molar-refractivity contribution in [2.75, 3.05) is 4.90 Å². The molecule has 12 nitrogen and oxygen atoms in total. The third-order valence-electron chi connectivity index (χ3n) is 6.64. The lowest BCUT2D eigenvalue weighted by atomic mass is 9.80. The molecule has 1 N–H and O–H groups in total. The third kappa shape index (κ3) is 3.34. The highest BCUT2D eigenvalue weighted by Gasteiger charge is 2.66. The van der Waals surface area contributed by atoms with E-state index in [-0.39, 0.29) is 11.3 Å². The van der Waals surface area contributed by atoms with Crippen molar-refractivity contribution < 1.29 is 29.0 Å². The Morgan fingerprint density at radius 2 is 1.72 bits per heavy atom. The Bertz CT molecular complexity index is 1430. The summed E-state index contributed by atoms with van der Waals surface area (Å²) in [7, 11) is 0. The first-order valence-electron chi connectivity index (χ1n) is 10.7. The van der Waals surface area contributed by atoms with Gasteiger partial charge in [-0.25, -0.2) is 4.90 Å². The molecule has 4 atom stereocenters. The van der Waals surface area contributed by atoms with E-state index in [2.05, 4.69) is 5.32 Å². The van der Waals surface area contributed by atoms with Crippen LogP contribution in [0.5, 0.6) is 0 Å². The van der Waals surface area contributed by atoms with Crippen molar-refractivity contribution >= 4 is 40.4 Å². The van der Waals surface area contributed by atoms with E-state index in [1.807, 2.05) is 0 Å². The average molecular weight is 488 g/mol. The molecule has 2 saturated heterocycles. The molecule has 0 radical (unpaired) electrons. The number of allylic oxidation sites excluding steroid dienone is 1. The van der Waals surface area contributed by atoms with Gasteiger partial charge in [0.2, 0.25) is 11.8 Å². The molecular weight excluding hydrogens is 472 g/mol. The van der Waals surface area contributed by atoms with Gasteiger partial charge >= 0.3 is 0 Å². The number of imide groups is 1. The molecule has 3 aliphatic heterocycles. The van der Waals surface area contributed by atoms with Crippen LogP contribution in [0.1, 0.15) is 10.4 Å². The molecule has 180 valence electrons. The van der Waals surface area contributed by atoms with E-state index in [0.29, 0.717) is 11.8 Å². The number of para-hydroxylation sites is 1. The average Bonchev–Trinajstić information content (AvgIpc) is 3.30. The van der Waals surface area contributed by atoms with Gasteiger partial charge < -0.3 is 0 Å². The van der Waals surface area contributed by atoms with Gasteiger partial charge in [0.1, 0.15) is 5.56 Å². The molecule has 0 saturated carbocycles. The topological polar surface area (TPSA) is 170 Å². The van der Waals surface area contributed by atoms with Gasteiger partial charge in [0, 0.05) is 6.07 Å². The summed E-state index contributed by atoms with van der Waals surface area (Å²) in [5.41, 5.74) is -2.70. The minimum atomic E-state index is -1.37. The van der Waals surface area contributed by atoms with Crippen LogP contribution in [0.3, 0.4) is 0 Å². The smallest absolute Gasteiger partial charge is 0.287 e. The Hall–Kier alpha value is -4.84. The predicted octanol–water partition coefficient (Wildman–Crippen LogP) is 1.90. The summed E-state index contributed by atoms with van der Waals surface area (Å²) in [5.74, 6) is -4.36. The van der Waals surface area contributed by atoms with Gasteiger partial charge in [-0.1, -0.05) is 30.4 Å². The molecule has 4 unspecified atom stereocenters. The van der Waals surface area contributed by atoms with Gasteiger partial charge in [0.05, 0.1) is 45.0 Å². The number of anilines is 1. The van der Waals surface area contributed by atoms with E-state index in [9.17, 15) is 39.4 Å². The molecule has 2 bridgehead atoms. The molecule has 12 heteroatoms. The van der Waals surface area contributed by atoms with Crippen molar-refractivity contribution in [3.8, 4) is 0 Å². The van der Waals surface area contributed by atoms with E-state index in [1.165, 1.54) is 18.2 Å². The molecule has 0 spiro atoms. The van der Waals surface area contributed by atoms with E-state index in [1.54, 1.807) is 30.3 Å². The fraction of sp³-hybridized carbons (Fsp3) is 0.167. The summed E-state index contributed by atoms with van der Waals surface area (Å²) >= 11 is 0. The highest BCUT2D eigenvalue weighted by Crippen LogP contribution is 2.47. The number of benzene rings is 2. The second-order valence-electron chi connectivity index (χ2n) is 8.55. The fourth-order valence-electron chi connectivity index (χ4n) is 5.04. The van der Waals surface area contributed by atoms with Gasteiger partial charge in [-0.3, -0.25) is 44.7 Å². The largest absolute Gasteiger partial charge is 0.293 e. The van der Waals surface area contributed by atoms with Crippen molar-refractivity contribution in [2.45, 2.75) is 11.6 Å². The monoisotopic (exact) mass is 488 g/mol. The van der Waals surface area contributed by atoms with Crippen molar-refractivity contribution in [1.29, 1.82) is 0 Å². The zero-order valence-corrected chi connectivity index (χ0v) is 18.3. The number of nitro benzene ring substituents is 2. The van der Waals surface area contributed by atoms with E-state index in [0.717, 1.165) is 23.1 Å². The Morgan fingerprint density at radius 1 is 1.00 bits per heavy atom. The van der Waals surface area contributed by atoms with Gasteiger partial charge in [0.15, 0.2) is 11.6 Å². The number of nitrogens with one attached hydrogen (secondary N) is 1. The first-order chi connectivity index (χ1) is 17.1. The summed E-state index contributed by atoms with van der Waals surface area (Å²) in [4.78, 5) is 73.9. The minimum Gasteiger partial charge on any atom is -0.293 e. The lowest BCUT2D eigenvalue weighted by Gasteiger charge is -2.31. The molecule has 3 heterocycles. The number of fused-ring (bicyclic) bond motifs is 5. The molecule has 2 amide bonds. The van der Waals surface area contributed by atoms with Crippen LogP contribution in [0.2, 0.25) is 0 Å². The zero-order valence-electron chi connectivity index (χ0n) is 18.3. The Kier molecular flexibility index (Phi) is 5.18. The number of hydrogen-bond acceptors (Lipinski definition) is 9. The summed E-state index contributed by atoms with van der Waals surface area (Å²) in [6.07, 6.45) is 4.96. The first-order valence-corrected chi connectivity index (χ1v) is 10.7. The van der Waals surface area contributed by atoms with Gasteiger partial charge in [-0.15, -0.1) is 0 Å². The first kappa shape index (κ1) is 22.9. The highest BCUT2D eigenvalue weighted by molar-refractivity contribution is 6.25. The number of ketones is 2. The molecule has 36 heavy (non-hydrogen) atoms. The third-order valence-corrected chi connectivity index (χ3v) is 6.64. The summed E-state index contributed by atoms with van der Waals surface area (Å²) < 4.78 is 0. The number of hydrogen-bond donors (Lipinski definition) is 1. The van der Waals surface area contributed by atoms with E-state index >= 15 is 0 Å². The van der Waals surface area contributed by atoms with E-state index < -0.39 is 62.2 Å². The molecular formula is C24H16N4O8. The Balaban J connectivity index is 1.53. The Labute approximate surface area is 202 Å². The van der Waals surface area contributed by atoms with Gasteiger partial charge in [-0.2, -0.15) is 0 Å². The zero-order chi connectivity index (χ0) is 25.8. The van der Waals surface area contributed by atoms with Gasteiger partial charge in [-0.05, 0) is 30.4 Å². The molecule has 2 aromatic rings. The number of amides is 2. The lowest BCUT2D eigenvalue weighted by Crippen LogP contribution is -2.53. The summed E-state index contributed by atoms with van der Waals surface area (Å²) in [5, 5.41) is 25.4. The second-order valence-corrected chi connectivity index (χ2v) is 8.55. The number of rotatable bonds is 6. The number of nitro groups is 2.